The third-order valence-corrected chi connectivity index (χ3v) is 1.88. The predicted octanol–water partition coefficient (Wildman–Crippen LogP) is 1.91. The molecule has 1 aromatic heterocycles. The van der Waals surface area contributed by atoms with Crippen LogP contribution in [-0.2, 0) is 0 Å². The maximum atomic E-state index is 5.25. The fraction of sp³-hybridized carbons (Fsp3) is 0. The second-order valence-corrected chi connectivity index (χ2v) is 3.16. The van der Waals surface area contributed by atoms with Crippen LogP contribution in [0.4, 0.5) is 5.82 Å². The first-order valence-electron chi connectivity index (χ1n) is 1.65. The molecule has 0 atom stereocenters. The van der Waals surface area contributed by atoms with Gasteiger partial charge in [-0.15, -0.1) is 23.7 Å². The molecule has 0 spiro atoms. The first-order valence-corrected chi connectivity index (χ1v) is 3.33. The summed E-state index contributed by atoms with van der Waals surface area (Å²) < 4.78 is 0.838. The Morgan fingerprint density at radius 3 is 2.50 bits per heavy atom. The lowest BCUT2D eigenvalue weighted by Gasteiger charge is -1.70. The molecule has 0 saturated heterocycles. The minimum atomic E-state index is 0. The number of rotatable bonds is 0. The van der Waals surface area contributed by atoms with Crippen molar-refractivity contribution in [1.82, 2.24) is 4.98 Å². The summed E-state index contributed by atoms with van der Waals surface area (Å²) in [5.74, 6) is 0.580. The van der Waals surface area contributed by atoms with E-state index in [1.807, 2.05) is 0 Å². The fourth-order valence-electron chi connectivity index (χ4n) is 0.263. The van der Waals surface area contributed by atoms with Gasteiger partial charge < -0.3 is 5.73 Å². The van der Waals surface area contributed by atoms with Crippen molar-refractivity contribution < 1.29 is 0 Å². The van der Waals surface area contributed by atoms with E-state index < -0.39 is 0 Å². The van der Waals surface area contributed by atoms with Crippen LogP contribution < -0.4 is 5.73 Å². The maximum Gasteiger partial charge on any atom is 0.161 e. The highest BCUT2D eigenvalue weighted by molar-refractivity contribution is 9.11. The zero-order chi connectivity index (χ0) is 5.28. The molecular formula is C3H4BrClN2S. The number of nitrogen functional groups attached to an aromatic ring is 1. The molecule has 5 heteroatoms. The molecular weight excluding hydrogens is 211 g/mol. The van der Waals surface area contributed by atoms with E-state index in [2.05, 4.69) is 20.9 Å². The van der Waals surface area contributed by atoms with Gasteiger partial charge in [-0.1, -0.05) is 0 Å². The van der Waals surface area contributed by atoms with Gasteiger partial charge >= 0.3 is 0 Å². The molecule has 1 aromatic rings. The molecule has 1 heterocycles. The lowest BCUT2D eigenvalue weighted by Crippen LogP contribution is -1.80. The van der Waals surface area contributed by atoms with Crippen molar-refractivity contribution in [2.45, 2.75) is 0 Å². The Kier molecular flexibility index (Phi) is 3.35. The average molecular weight is 216 g/mol. The third-order valence-electron chi connectivity index (χ3n) is 0.494. The summed E-state index contributed by atoms with van der Waals surface area (Å²) in [6, 6.07) is 0. The van der Waals surface area contributed by atoms with E-state index in [9.17, 15) is 0 Å². The molecule has 0 bridgehead atoms. The Balaban J connectivity index is 0.000000490. The van der Waals surface area contributed by atoms with Gasteiger partial charge in [-0.25, -0.2) is 4.98 Å². The molecule has 0 radical (unpaired) electrons. The summed E-state index contributed by atoms with van der Waals surface area (Å²) in [5, 5.41) is 1.78. The molecule has 0 unspecified atom stereocenters. The summed E-state index contributed by atoms with van der Waals surface area (Å²) in [7, 11) is 0. The number of halogens is 2. The Bertz CT molecular complexity index is 150. The number of hydrogen-bond acceptors (Lipinski definition) is 3. The van der Waals surface area contributed by atoms with Crippen LogP contribution in [0.15, 0.2) is 9.30 Å². The van der Waals surface area contributed by atoms with Crippen LogP contribution in [0.1, 0.15) is 0 Å². The topological polar surface area (TPSA) is 38.9 Å². The van der Waals surface area contributed by atoms with Crippen molar-refractivity contribution in [2.24, 2.45) is 0 Å². The van der Waals surface area contributed by atoms with E-state index in [0.717, 1.165) is 3.92 Å². The van der Waals surface area contributed by atoms with Crippen LogP contribution in [0.5, 0.6) is 0 Å². The summed E-state index contributed by atoms with van der Waals surface area (Å²) in [6.07, 6.45) is 0. The quantitative estimate of drug-likeness (QED) is 0.718. The lowest BCUT2D eigenvalue weighted by molar-refractivity contribution is 1.39. The maximum absolute atomic E-state index is 5.25. The number of nitrogens with zero attached hydrogens (tertiary/aromatic N) is 1. The summed E-state index contributed by atoms with van der Waals surface area (Å²) >= 11 is 4.64. The molecule has 0 fully saturated rings. The highest BCUT2D eigenvalue weighted by Crippen LogP contribution is 2.16. The zero-order valence-electron chi connectivity index (χ0n) is 3.80. The van der Waals surface area contributed by atoms with Gasteiger partial charge in [-0.05, 0) is 15.9 Å². The second-order valence-electron chi connectivity index (χ2n) is 1.03. The van der Waals surface area contributed by atoms with Gasteiger partial charge in [-0.2, -0.15) is 0 Å². The number of aromatic nitrogens is 1. The summed E-state index contributed by atoms with van der Waals surface area (Å²) in [6.45, 7) is 0. The highest BCUT2D eigenvalue weighted by Gasteiger charge is 1.88. The molecule has 0 amide bonds. The summed E-state index contributed by atoms with van der Waals surface area (Å²) in [5.41, 5.74) is 5.25. The van der Waals surface area contributed by atoms with E-state index >= 15 is 0 Å². The van der Waals surface area contributed by atoms with Crippen molar-refractivity contribution in [3.8, 4) is 0 Å². The smallest absolute Gasteiger partial charge is 0.161 e. The number of nitrogens with two attached hydrogens (primary N) is 1. The largest absolute Gasteiger partial charge is 0.383 e. The highest BCUT2D eigenvalue weighted by atomic mass is 79.9. The van der Waals surface area contributed by atoms with Gasteiger partial charge in [0.15, 0.2) is 3.92 Å². The van der Waals surface area contributed by atoms with Crippen molar-refractivity contribution in [3.63, 3.8) is 0 Å². The SMILES string of the molecule is Cl.Nc1csc(Br)n1. The Labute approximate surface area is 65.7 Å². The predicted molar refractivity (Wildman–Crippen MR) is 41.5 cm³/mol. The normalized spacial score (nSPS) is 8.12. The van der Waals surface area contributed by atoms with Crippen LogP contribution >= 0.6 is 39.7 Å². The molecule has 2 nitrogen and oxygen atoms in total. The number of thiazole rings is 1. The van der Waals surface area contributed by atoms with E-state index in [-0.39, 0.29) is 12.4 Å². The van der Waals surface area contributed by atoms with Gasteiger partial charge in [0.2, 0.25) is 0 Å². The van der Waals surface area contributed by atoms with Crippen molar-refractivity contribution in [2.75, 3.05) is 5.73 Å². The molecule has 8 heavy (non-hydrogen) atoms. The molecule has 0 aromatic carbocycles. The molecule has 1 rings (SSSR count). The molecule has 0 aliphatic rings. The van der Waals surface area contributed by atoms with E-state index in [0.29, 0.717) is 5.82 Å². The summed E-state index contributed by atoms with van der Waals surface area (Å²) in [4.78, 5) is 3.82. The van der Waals surface area contributed by atoms with Gasteiger partial charge in [0, 0.05) is 5.38 Å². The first-order chi connectivity index (χ1) is 3.29. The Morgan fingerprint density at radius 2 is 2.38 bits per heavy atom. The molecule has 46 valence electrons. The monoisotopic (exact) mass is 214 g/mol. The van der Waals surface area contributed by atoms with Crippen LogP contribution in [0.3, 0.4) is 0 Å². The standard InChI is InChI=1S/C3H3BrN2S.ClH/c4-3-6-2(5)1-7-3;/h1H,5H2;1H. The van der Waals surface area contributed by atoms with Crippen LogP contribution in [0, 0.1) is 0 Å². The Morgan fingerprint density at radius 1 is 1.75 bits per heavy atom. The fourth-order valence-corrected chi connectivity index (χ4v) is 1.18. The van der Waals surface area contributed by atoms with Crippen molar-refractivity contribution >= 4 is 45.5 Å². The number of hydrogen-bond donors (Lipinski definition) is 1. The minimum Gasteiger partial charge on any atom is -0.383 e. The van der Waals surface area contributed by atoms with Crippen LogP contribution in [0.25, 0.3) is 0 Å². The van der Waals surface area contributed by atoms with Crippen molar-refractivity contribution in [3.05, 3.63) is 9.30 Å². The lowest BCUT2D eigenvalue weighted by atomic mass is 10.9. The molecule has 0 aliphatic carbocycles. The van der Waals surface area contributed by atoms with E-state index in [1.54, 1.807) is 5.38 Å². The zero-order valence-corrected chi connectivity index (χ0v) is 7.02. The first kappa shape index (κ1) is 8.20. The van der Waals surface area contributed by atoms with Gasteiger partial charge in [0.05, 0.1) is 0 Å². The van der Waals surface area contributed by atoms with Gasteiger partial charge in [0.1, 0.15) is 5.82 Å². The number of anilines is 1. The minimum absolute atomic E-state index is 0. The third kappa shape index (κ3) is 1.98. The van der Waals surface area contributed by atoms with Crippen molar-refractivity contribution in [1.29, 1.82) is 0 Å². The average Bonchev–Trinajstić information content (AvgIpc) is 1.87. The van der Waals surface area contributed by atoms with Gasteiger partial charge in [0.25, 0.3) is 0 Å². The van der Waals surface area contributed by atoms with Crippen LogP contribution in [0.2, 0.25) is 0 Å². The second kappa shape index (κ2) is 3.27. The van der Waals surface area contributed by atoms with E-state index in [1.165, 1.54) is 11.3 Å². The van der Waals surface area contributed by atoms with Gasteiger partial charge in [-0.3, -0.25) is 0 Å². The molecule has 2 N–H and O–H groups in total. The molecule has 0 aliphatic heterocycles. The van der Waals surface area contributed by atoms with E-state index in [4.69, 9.17) is 5.73 Å². The molecule has 0 saturated carbocycles. The van der Waals surface area contributed by atoms with Crippen LogP contribution in [-0.4, -0.2) is 4.98 Å². The Hall–Kier alpha value is 0.200.